The molecule has 232 valence electrons. The average molecular weight is 593 g/mol. The predicted octanol–water partition coefficient (Wildman–Crippen LogP) is 9.89. The summed E-state index contributed by atoms with van der Waals surface area (Å²) in [5, 5.41) is 0. The van der Waals surface area contributed by atoms with E-state index in [9.17, 15) is 4.79 Å². The van der Waals surface area contributed by atoms with Crippen LogP contribution in [0.3, 0.4) is 0 Å². The van der Waals surface area contributed by atoms with Crippen molar-refractivity contribution in [3.63, 3.8) is 0 Å². The maximum absolute atomic E-state index is 14.9. The topological polar surface area (TPSA) is 44.8 Å². The third-order valence-electron chi connectivity index (χ3n) is 10.1. The summed E-state index contributed by atoms with van der Waals surface area (Å²) in [7, 11) is -4.19. The number of carbonyl (C=O) groups is 1. The molecule has 0 N–H and O–H groups in total. The Labute approximate surface area is 250 Å². The molecule has 6 heteroatoms. The fourth-order valence-electron chi connectivity index (χ4n) is 6.16. The monoisotopic (exact) mass is 592 g/mol. The predicted molar refractivity (Wildman–Crippen MR) is 178 cm³/mol. The maximum Gasteiger partial charge on any atom is 0.193 e. The zero-order chi connectivity index (χ0) is 30.8. The molecule has 0 saturated carbocycles. The van der Waals surface area contributed by atoms with Crippen LogP contribution in [0.5, 0.6) is 0 Å². The third kappa shape index (κ3) is 9.10. The van der Waals surface area contributed by atoms with Gasteiger partial charge >= 0.3 is 0 Å². The number of Topliss-reactive ketones (excluding diaryl/α,β-unsaturated/α-hetero) is 1. The van der Waals surface area contributed by atoms with E-state index in [0.29, 0.717) is 5.92 Å². The summed E-state index contributed by atoms with van der Waals surface area (Å²) in [6, 6.07) is 5.99. The van der Waals surface area contributed by atoms with Gasteiger partial charge in [0.05, 0.1) is 11.7 Å². The van der Waals surface area contributed by atoms with E-state index in [1.165, 1.54) is 0 Å². The molecular weight excluding hydrogens is 529 g/mol. The second-order valence-corrected chi connectivity index (χ2v) is 22.6. The van der Waals surface area contributed by atoms with Crippen molar-refractivity contribution in [1.29, 1.82) is 0 Å². The van der Waals surface area contributed by atoms with Crippen molar-refractivity contribution >= 4 is 22.4 Å². The van der Waals surface area contributed by atoms with Crippen LogP contribution in [0.25, 0.3) is 0 Å². The highest BCUT2D eigenvalue weighted by Crippen LogP contribution is 2.45. The second-order valence-electron chi connectivity index (χ2n) is 13.2. The lowest BCUT2D eigenvalue weighted by Gasteiger charge is -2.44. The Bertz CT molecular complexity index is 813. The minimum atomic E-state index is -2.13. The van der Waals surface area contributed by atoms with E-state index in [4.69, 9.17) is 13.6 Å². The lowest BCUT2D eigenvalue weighted by molar-refractivity contribution is -0.159. The molecule has 0 spiro atoms. The van der Waals surface area contributed by atoms with Crippen LogP contribution in [-0.2, 0) is 18.4 Å². The molecule has 1 aliphatic rings. The van der Waals surface area contributed by atoms with Gasteiger partial charge in [-0.05, 0) is 74.3 Å². The van der Waals surface area contributed by atoms with Gasteiger partial charge in [0, 0.05) is 5.41 Å². The van der Waals surface area contributed by atoms with Crippen molar-refractivity contribution in [3.05, 3.63) is 37.5 Å². The Balaban J connectivity index is 3.60. The summed E-state index contributed by atoms with van der Waals surface area (Å²) >= 11 is 0. The quantitative estimate of drug-likeness (QED) is 0.104. The number of allylic oxidation sites excluding steroid dienone is 3. The molecule has 0 aromatic carbocycles. The molecule has 4 nitrogen and oxygen atoms in total. The first-order valence-electron chi connectivity index (χ1n) is 16.2. The Morgan fingerprint density at radius 2 is 1.48 bits per heavy atom. The highest BCUT2D eigenvalue weighted by Gasteiger charge is 2.54. The molecule has 1 rings (SSSR count). The standard InChI is InChI=1S/C34H64O4Si2/c1-14-22-28(10)31(37-39(16-3,17-4)18-5)30(35)32(38-40(19-6,20-7)21-8)34(13)26-24-29(36-34)33(11,12)25-23-27(9)15-2/h14-15,23,25,27-29,31-32H,1-2,16-22,24,26H2,3-13H3/b25-23+/t27-,28-,29+,31-,32-,34-/m1/s1. The van der Waals surface area contributed by atoms with E-state index in [1.54, 1.807) is 0 Å². The molecule has 40 heavy (non-hydrogen) atoms. The molecule has 1 saturated heterocycles. The number of hydrogen-bond donors (Lipinski definition) is 0. The fourth-order valence-corrected chi connectivity index (χ4v) is 11.9. The fraction of sp³-hybridized carbons (Fsp3) is 0.794. The summed E-state index contributed by atoms with van der Waals surface area (Å²) in [4.78, 5) is 14.9. The SMILES string of the molecule is C=CC[C@@H](C)[C@@H](O[Si](CC)(CC)CC)C(=O)[C@@H](O[Si](CC)(CC)CC)[C@@]1(C)CC[C@@H](C(C)(C)/C=C/[C@H](C)C=C)O1. The van der Waals surface area contributed by atoms with Crippen molar-refractivity contribution < 1.29 is 18.4 Å². The van der Waals surface area contributed by atoms with Crippen molar-refractivity contribution in [1.82, 2.24) is 0 Å². The van der Waals surface area contributed by atoms with Crippen LogP contribution in [-0.4, -0.2) is 46.3 Å². The van der Waals surface area contributed by atoms with Crippen molar-refractivity contribution in [2.45, 2.75) is 156 Å². The molecule has 1 fully saturated rings. The first-order valence-corrected chi connectivity index (χ1v) is 21.3. The third-order valence-corrected chi connectivity index (χ3v) is 19.3. The van der Waals surface area contributed by atoms with E-state index in [-0.39, 0.29) is 23.2 Å². The van der Waals surface area contributed by atoms with Gasteiger partial charge in [-0.15, -0.1) is 13.2 Å². The molecule has 0 aromatic rings. The molecule has 1 aliphatic heterocycles. The van der Waals surface area contributed by atoms with Crippen molar-refractivity contribution in [2.24, 2.45) is 17.3 Å². The molecule has 0 aliphatic carbocycles. The van der Waals surface area contributed by atoms with Crippen molar-refractivity contribution in [2.75, 3.05) is 0 Å². The summed E-state index contributed by atoms with van der Waals surface area (Å²) in [5.41, 5.74) is -0.864. The summed E-state index contributed by atoms with van der Waals surface area (Å²) in [5.74, 6) is 0.430. The van der Waals surface area contributed by atoms with E-state index in [2.05, 4.69) is 101 Å². The summed E-state index contributed by atoms with van der Waals surface area (Å²) in [6.45, 7) is 32.2. The zero-order valence-corrected chi connectivity index (χ0v) is 30.1. The Morgan fingerprint density at radius 1 is 0.975 bits per heavy atom. The second kappa shape index (κ2) is 16.2. The molecule has 0 aromatic heterocycles. The highest BCUT2D eigenvalue weighted by atomic mass is 28.4. The molecule has 6 atom stereocenters. The van der Waals surface area contributed by atoms with Gasteiger partial charge in [0.2, 0.25) is 0 Å². The van der Waals surface area contributed by atoms with Crippen LogP contribution in [0.2, 0.25) is 36.3 Å². The van der Waals surface area contributed by atoms with Crippen LogP contribution >= 0.6 is 0 Å². The van der Waals surface area contributed by atoms with Gasteiger partial charge in [0.1, 0.15) is 12.2 Å². The lowest BCUT2D eigenvalue weighted by Crippen LogP contribution is -2.58. The average Bonchev–Trinajstić information content (AvgIpc) is 3.37. The van der Waals surface area contributed by atoms with Crippen LogP contribution in [0.1, 0.15) is 95.4 Å². The van der Waals surface area contributed by atoms with Crippen LogP contribution in [0, 0.1) is 17.3 Å². The van der Waals surface area contributed by atoms with Crippen LogP contribution < -0.4 is 0 Å². The normalized spacial score (nSPS) is 23.6. The number of hydrogen-bond acceptors (Lipinski definition) is 4. The van der Waals surface area contributed by atoms with Crippen LogP contribution in [0.4, 0.5) is 0 Å². The maximum atomic E-state index is 14.9. The van der Waals surface area contributed by atoms with Gasteiger partial charge in [-0.2, -0.15) is 0 Å². The van der Waals surface area contributed by atoms with Crippen molar-refractivity contribution in [3.8, 4) is 0 Å². The smallest absolute Gasteiger partial charge is 0.193 e. The number of rotatable bonds is 20. The molecule has 0 unspecified atom stereocenters. The zero-order valence-electron chi connectivity index (χ0n) is 28.1. The van der Waals surface area contributed by atoms with Gasteiger partial charge in [-0.3, -0.25) is 4.79 Å². The van der Waals surface area contributed by atoms with Gasteiger partial charge < -0.3 is 13.6 Å². The number of carbonyl (C=O) groups excluding carboxylic acids is 1. The minimum Gasteiger partial charge on any atom is -0.407 e. The Morgan fingerprint density at radius 3 is 1.93 bits per heavy atom. The summed E-state index contributed by atoms with van der Waals surface area (Å²) in [6.07, 6.45) is 9.64. The first-order chi connectivity index (χ1) is 18.7. The van der Waals surface area contributed by atoms with Gasteiger partial charge in [0.15, 0.2) is 22.4 Å². The van der Waals surface area contributed by atoms with E-state index < -0.39 is 34.4 Å². The Kier molecular flexibility index (Phi) is 15.0. The lowest BCUT2D eigenvalue weighted by atomic mass is 9.83. The first kappa shape index (κ1) is 37.2. The largest absolute Gasteiger partial charge is 0.407 e. The molecule has 0 bridgehead atoms. The van der Waals surface area contributed by atoms with Crippen LogP contribution in [0.15, 0.2) is 37.5 Å². The Hall–Kier alpha value is -0.796. The number of ether oxygens (including phenoxy) is 1. The van der Waals surface area contributed by atoms with Gasteiger partial charge in [0.25, 0.3) is 0 Å². The van der Waals surface area contributed by atoms with E-state index in [0.717, 1.165) is 55.5 Å². The summed E-state index contributed by atoms with van der Waals surface area (Å²) < 4.78 is 21.2. The number of ketones is 1. The van der Waals surface area contributed by atoms with Gasteiger partial charge in [-0.25, -0.2) is 0 Å². The van der Waals surface area contributed by atoms with Gasteiger partial charge in [-0.1, -0.05) is 93.5 Å². The van der Waals surface area contributed by atoms with E-state index in [1.807, 2.05) is 12.2 Å². The highest BCUT2D eigenvalue weighted by molar-refractivity contribution is 6.74. The minimum absolute atomic E-state index is 0.00553. The molecule has 0 radical (unpaired) electrons. The molecular formula is C34H64O4Si2. The van der Waals surface area contributed by atoms with E-state index >= 15 is 0 Å². The molecule has 1 heterocycles. The molecule has 0 amide bonds.